The Labute approximate surface area is 57.5 Å². The van der Waals surface area contributed by atoms with Crippen molar-refractivity contribution in [3.63, 3.8) is 0 Å². The number of hydrogen-bond donors (Lipinski definition) is 1. The molecule has 55 valence electrons. The molecule has 1 unspecified atom stereocenters. The summed E-state index contributed by atoms with van der Waals surface area (Å²) < 4.78 is 0. The molecule has 0 aromatic heterocycles. The van der Waals surface area contributed by atoms with Crippen LogP contribution in [0.4, 0.5) is 0 Å². The van der Waals surface area contributed by atoms with Crippen LogP contribution in [-0.4, -0.2) is 36.8 Å². The molecule has 2 heteroatoms. The van der Waals surface area contributed by atoms with Crippen molar-refractivity contribution in [3.05, 3.63) is 6.92 Å². The molecule has 0 rings (SSSR count). The molecule has 9 heavy (non-hydrogen) atoms. The van der Waals surface area contributed by atoms with Crippen LogP contribution >= 0.6 is 0 Å². The van der Waals surface area contributed by atoms with E-state index < -0.39 is 0 Å². The Kier molecular flexibility index (Phi) is 4.72. The van der Waals surface area contributed by atoms with Gasteiger partial charge in [0.25, 0.3) is 0 Å². The zero-order chi connectivity index (χ0) is 7.28. The maximum atomic E-state index is 9.14. The highest BCUT2D eigenvalue weighted by Crippen LogP contribution is 1.95. The molecule has 1 atom stereocenters. The van der Waals surface area contributed by atoms with Gasteiger partial charge in [0.1, 0.15) is 0 Å². The molecule has 0 aromatic carbocycles. The average Bonchev–Trinajstić information content (AvgIpc) is 1.63. The van der Waals surface area contributed by atoms with Gasteiger partial charge in [0.15, 0.2) is 0 Å². The summed E-state index contributed by atoms with van der Waals surface area (Å²) in [6, 6.07) is 0. The van der Waals surface area contributed by atoms with Crippen LogP contribution in [0.3, 0.4) is 0 Å². The molecule has 0 aliphatic heterocycles. The zero-order valence-electron chi connectivity index (χ0n) is 6.30. The van der Waals surface area contributed by atoms with Gasteiger partial charge >= 0.3 is 0 Å². The summed E-state index contributed by atoms with van der Waals surface area (Å²) in [6.07, 6.45) is 1.42. The average molecular weight is 130 g/mol. The van der Waals surface area contributed by atoms with E-state index in [0.29, 0.717) is 0 Å². The van der Waals surface area contributed by atoms with Crippen molar-refractivity contribution in [1.82, 2.24) is 4.90 Å². The van der Waals surface area contributed by atoms with E-state index in [1.54, 1.807) is 0 Å². The first kappa shape index (κ1) is 8.92. The van der Waals surface area contributed by atoms with Gasteiger partial charge in [-0.2, -0.15) is 0 Å². The molecule has 0 heterocycles. The number of hydrogen-bond acceptors (Lipinski definition) is 2. The van der Waals surface area contributed by atoms with Gasteiger partial charge in [0.2, 0.25) is 0 Å². The fourth-order valence-electron chi connectivity index (χ4n) is 0.748. The lowest BCUT2D eigenvalue weighted by Crippen LogP contribution is -2.25. The fourth-order valence-corrected chi connectivity index (χ4v) is 0.748. The Morgan fingerprint density at radius 3 is 2.44 bits per heavy atom. The Hall–Kier alpha value is -0.0800. The van der Waals surface area contributed by atoms with Crippen LogP contribution in [0.2, 0.25) is 0 Å². The number of likely N-dealkylation sites (N-methyl/N-ethyl adjacent to an activating group) is 1. The highest BCUT2D eigenvalue weighted by atomic mass is 16.3. The minimum atomic E-state index is -0.197. The quantitative estimate of drug-likeness (QED) is 0.600. The van der Waals surface area contributed by atoms with Crippen LogP contribution < -0.4 is 0 Å². The SMILES string of the molecule is [CH2]CCC(O)CN(C)C. The van der Waals surface area contributed by atoms with Crippen LogP contribution in [-0.2, 0) is 0 Å². The van der Waals surface area contributed by atoms with Crippen LogP contribution in [0.5, 0.6) is 0 Å². The van der Waals surface area contributed by atoms with Gasteiger partial charge in [-0.1, -0.05) is 13.3 Å². The van der Waals surface area contributed by atoms with E-state index in [-0.39, 0.29) is 6.10 Å². The summed E-state index contributed by atoms with van der Waals surface area (Å²) in [4.78, 5) is 1.97. The lowest BCUT2D eigenvalue weighted by atomic mass is 10.2. The van der Waals surface area contributed by atoms with Crippen LogP contribution in [0.15, 0.2) is 0 Å². The normalized spacial score (nSPS) is 14.3. The predicted molar refractivity (Wildman–Crippen MR) is 39.2 cm³/mol. The monoisotopic (exact) mass is 130 g/mol. The molecule has 1 N–H and O–H groups in total. The van der Waals surface area contributed by atoms with Gasteiger partial charge in [-0.05, 0) is 20.5 Å². The summed E-state index contributed by atoms with van der Waals surface area (Å²) in [5, 5.41) is 9.14. The highest BCUT2D eigenvalue weighted by Gasteiger charge is 2.01. The molecule has 2 nitrogen and oxygen atoms in total. The van der Waals surface area contributed by atoms with Crippen molar-refractivity contribution in [2.75, 3.05) is 20.6 Å². The van der Waals surface area contributed by atoms with Gasteiger partial charge in [-0.25, -0.2) is 0 Å². The second kappa shape index (κ2) is 4.77. The first-order valence-corrected chi connectivity index (χ1v) is 3.29. The van der Waals surface area contributed by atoms with Crippen molar-refractivity contribution >= 4 is 0 Å². The predicted octanol–water partition coefficient (Wildman–Crippen LogP) is 0.523. The lowest BCUT2D eigenvalue weighted by Gasteiger charge is -2.14. The van der Waals surface area contributed by atoms with Crippen molar-refractivity contribution in [2.45, 2.75) is 18.9 Å². The Morgan fingerprint density at radius 1 is 1.56 bits per heavy atom. The minimum absolute atomic E-state index is 0.197. The summed E-state index contributed by atoms with van der Waals surface area (Å²) in [5.41, 5.74) is 0. The number of aliphatic hydroxyl groups excluding tert-OH is 1. The summed E-state index contributed by atoms with van der Waals surface area (Å²) >= 11 is 0. The maximum absolute atomic E-state index is 9.14. The molecule has 0 aliphatic carbocycles. The Bertz CT molecular complexity index is 63.9. The molecular formula is C7H16NO. The van der Waals surface area contributed by atoms with E-state index >= 15 is 0 Å². The van der Waals surface area contributed by atoms with E-state index in [0.717, 1.165) is 19.4 Å². The third-order valence-electron chi connectivity index (χ3n) is 1.11. The largest absolute Gasteiger partial charge is 0.392 e. The lowest BCUT2D eigenvalue weighted by molar-refractivity contribution is 0.129. The highest BCUT2D eigenvalue weighted by molar-refractivity contribution is 4.58. The molecule has 0 aliphatic rings. The Morgan fingerprint density at radius 2 is 2.11 bits per heavy atom. The maximum Gasteiger partial charge on any atom is 0.0666 e. The van der Waals surface area contributed by atoms with Crippen LogP contribution in [0, 0.1) is 6.92 Å². The van der Waals surface area contributed by atoms with Crippen molar-refractivity contribution in [1.29, 1.82) is 0 Å². The second-order valence-corrected chi connectivity index (χ2v) is 2.56. The molecule has 0 fully saturated rings. The van der Waals surface area contributed by atoms with Gasteiger partial charge in [-0.3, -0.25) is 0 Å². The standard InChI is InChI=1S/C7H16NO/c1-4-5-7(9)6-8(2)3/h7,9H,1,4-6H2,2-3H3. The van der Waals surface area contributed by atoms with Crippen LogP contribution in [0.25, 0.3) is 0 Å². The topological polar surface area (TPSA) is 23.5 Å². The number of rotatable bonds is 4. The molecule has 1 radical (unpaired) electrons. The first-order valence-electron chi connectivity index (χ1n) is 3.29. The molecule has 0 spiro atoms. The summed E-state index contributed by atoms with van der Waals surface area (Å²) in [7, 11) is 3.90. The van der Waals surface area contributed by atoms with Crippen molar-refractivity contribution in [2.24, 2.45) is 0 Å². The van der Waals surface area contributed by atoms with E-state index in [1.807, 2.05) is 19.0 Å². The smallest absolute Gasteiger partial charge is 0.0666 e. The van der Waals surface area contributed by atoms with E-state index in [4.69, 9.17) is 5.11 Å². The second-order valence-electron chi connectivity index (χ2n) is 2.56. The molecule has 0 bridgehead atoms. The van der Waals surface area contributed by atoms with E-state index in [1.165, 1.54) is 0 Å². The summed E-state index contributed by atoms with van der Waals surface area (Å²) in [5.74, 6) is 0. The van der Waals surface area contributed by atoms with Gasteiger partial charge in [0.05, 0.1) is 6.10 Å². The molecule has 0 saturated carbocycles. The van der Waals surface area contributed by atoms with Gasteiger partial charge < -0.3 is 10.0 Å². The zero-order valence-corrected chi connectivity index (χ0v) is 6.30. The van der Waals surface area contributed by atoms with Gasteiger partial charge in [-0.15, -0.1) is 0 Å². The third kappa shape index (κ3) is 5.80. The Balaban J connectivity index is 3.15. The summed E-state index contributed by atoms with van der Waals surface area (Å²) in [6.45, 7) is 4.40. The molecule has 0 amide bonds. The number of aliphatic hydroxyl groups is 1. The molecular weight excluding hydrogens is 114 g/mol. The van der Waals surface area contributed by atoms with E-state index in [9.17, 15) is 0 Å². The molecule has 0 saturated heterocycles. The van der Waals surface area contributed by atoms with Crippen molar-refractivity contribution in [3.8, 4) is 0 Å². The van der Waals surface area contributed by atoms with E-state index in [2.05, 4.69) is 6.92 Å². The fraction of sp³-hybridized carbons (Fsp3) is 0.857. The van der Waals surface area contributed by atoms with Crippen LogP contribution in [0.1, 0.15) is 12.8 Å². The first-order chi connectivity index (χ1) is 4.16. The minimum Gasteiger partial charge on any atom is -0.392 e. The third-order valence-corrected chi connectivity index (χ3v) is 1.11. The molecule has 0 aromatic rings. The van der Waals surface area contributed by atoms with Gasteiger partial charge in [0, 0.05) is 6.54 Å². The van der Waals surface area contributed by atoms with Crippen molar-refractivity contribution < 1.29 is 5.11 Å². The number of nitrogens with zero attached hydrogens (tertiary/aromatic N) is 1.